The molecule has 0 aliphatic heterocycles. The average Bonchev–Trinajstić information content (AvgIpc) is 2.83. The van der Waals surface area contributed by atoms with Gasteiger partial charge in [-0.2, -0.15) is 0 Å². The van der Waals surface area contributed by atoms with Crippen LogP contribution in [0.3, 0.4) is 0 Å². The number of hydrogen-bond acceptors (Lipinski definition) is 0. The van der Waals surface area contributed by atoms with Gasteiger partial charge < -0.3 is 9.24 Å². The van der Waals surface area contributed by atoms with Gasteiger partial charge in [-0.05, 0) is 53.3 Å². The molecule has 2 unspecified atom stereocenters. The van der Waals surface area contributed by atoms with Gasteiger partial charge in [0.15, 0.2) is 0 Å². The molecule has 2 aromatic carbocycles. The molecular weight excluding hydrogens is 311 g/mol. The molecule has 0 saturated heterocycles. The van der Waals surface area contributed by atoms with Crippen LogP contribution in [0.4, 0.5) is 0 Å². The third kappa shape index (κ3) is 3.50. The summed E-state index contributed by atoms with van der Waals surface area (Å²) in [5.41, 5.74) is 6.25. The van der Waals surface area contributed by atoms with E-state index in [0.717, 1.165) is 14.4 Å². The topological polar surface area (TPSA) is 9.37 Å². The van der Waals surface area contributed by atoms with Crippen molar-refractivity contribution < 1.29 is 4.90 Å². The zero-order valence-corrected chi connectivity index (χ0v) is 16.6. The highest BCUT2D eigenvalue weighted by Gasteiger charge is 2.15. The first kappa shape index (κ1) is 17.5. The predicted octanol–water partition coefficient (Wildman–Crippen LogP) is 4.17. The maximum atomic E-state index is 2.59. The van der Waals surface area contributed by atoms with E-state index < -0.39 is 0 Å². The molecule has 1 N–H and O–H groups in total. The molecule has 3 heteroatoms. The second-order valence-corrected chi connectivity index (χ2v) is 8.88. The van der Waals surface area contributed by atoms with Crippen molar-refractivity contribution in [1.82, 2.24) is 4.34 Å². The van der Waals surface area contributed by atoms with Gasteiger partial charge in [-0.15, -0.1) is 0 Å². The molecule has 0 aliphatic rings. The van der Waals surface area contributed by atoms with Gasteiger partial charge in [0.05, 0.1) is 31.7 Å². The Balaban J connectivity index is 2.08. The normalized spacial score (nSPS) is 13.8. The summed E-state index contributed by atoms with van der Waals surface area (Å²) in [6.45, 7) is 7.97. The molecule has 1 heterocycles. The summed E-state index contributed by atoms with van der Waals surface area (Å²) in [4.78, 5) is 1.55. The van der Waals surface area contributed by atoms with Gasteiger partial charge in [0.25, 0.3) is 0 Å². The van der Waals surface area contributed by atoms with E-state index in [1.54, 1.807) is 4.90 Å². The van der Waals surface area contributed by atoms with E-state index in [9.17, 15) is 0 Å². The minimum atomic E-state index is 0.765. The minimum Gasteiger partial charge on any atom is -0.340 e. The summed E-state index contributed by atoms with van der Waals surface area (Å²) in [6.07, 6.45) is 2.56. The lowest BCUT2D eigenvalue weighted by atomic mass is 10.1. The fourth-order valence-corrected chi connectivity index (χ4v) is 4.88. The lowest BCUT2D eigenvalue weighted by molar-refractivity contribution is -0.858. The first-order valence-electron chi connectivity index (χ1n) is 9.06. The van der Waals surface area contributed by atoms with Crippen LogP contribution in [-0.4, -0.2) is 30.6 Å². The highest BCUT2D eigenvalue weighted by molar-refractivity contribution is 7.37. The van der Waals surface area contributed by atoms with E-state index >= 15 is 0 Å². The van der Waals surface area contributed by atoms with Crippen molar-refractivity contribution in [3.8, 4) is 0 Å². The maximum Gasteiger partial charge on any atom is 0.0773 e. The molecule has 2 nitrogen and oxygen atoms in total. The molecule has 3 rings (SSSR count). The van der Waals surface area contributed by atoms with Crippen LogP contribution in [-0.2, 0) is 0 Å². The van der Waals surface area contributed by atoms with Gasteiger partial charge in [-0.25, -0.2) is 0 Å². The largest absolute Gasteiger partial charge is 0.340 e. The summed E-state index contributed by atoms with van der Waals surface area (Å²) in [6, 6.07) is 13.8. The number of benzene rings is 2. The molecule has 24 heavy (non-hydrogen) atoms. The first-order valence-corrected chi connectivity index (χ1v) is 10.1. The number of fused-ring (bicyclic) bond motifs is 3. The fraction of sp³-hybridized carbons (Fsp3) is 0.429. The number of rotatable bonds is 6. The van der Waals surface area contributed by atoms with E-state index in [1.807, 2.05) is 0 Å². The van der Waals surface area contributed by atoms with Crippen LogP contribution in [0.15, 0.2) is 36.4 Å². The monoisotopic (exact) mass is 341 g/mol. The Morgan fingerprint density at radius 3 is 1.96 bits per heavy atom. The van der Waals surface area contributed by atoms with E-state index in [4.69, 9.17) is 0 Å². The molecule has 2 atom stereocenters. The molecular formula is C21H30N2P+. The number of aryl methyl sites for hydroxylation is 2. The van der Waals surface area contributed by atoms with Crippen molar-refractivity contribution in [2.75, 3.05) is 20.6 Å². The van der Waals surface area contributed by atoms with Crippen LogP contribution < -0.4 is 4.90 Å². The third-order valence-corrected chi connectivity index (χ3v) is 6.68. The van der Waals surface area contributed by atoms with E-state index in [2.05, 4.69) is 75.6 Å². The molecule has 0 bridgehead atoms. The lowest BCUT2D eigenvalue weighted by Gasteiger charge is -2.18. The van der Waals surface area contributed by atoms with E-state index in [0.29, 0.717) is 0 Å². The summed E-state index contributed by atoms with van der Waals surface area (Å²) >= 11 is 0. The second kappa shape index (κ2) is 7.25. The molecule has 0 saturated carbocycles. The van der Waals surface area contributed by atoms with Crippen molar-refractivity contribution in [2.24, 2.45) is 0 Å². The zero-order chi connectivity index (χ0) is 17.3. The second-order valence-electron chi connectivity index (χ2n) is 7.36. The minimum absolute atomic E-state index is 0.765. The number of aromatic nitrogens is 1. The molecule has 128 valence electrons. The Bertz CT molecular complexity index is 789. The molecule has 3 aromatic rings. The summed E-state index contributed by atoms with van der Waals surface area (Å²) in [5.74, 6) is 0. The van der Waals surface area contributed by atoms with Gasteiger partial charge in [-0.1, -0.05) is 30.2 Å². The van der Waals surface area contributed by atoms with Gasteiger partial charge in [-0.3, -0.25) is 0 Å². The Labute approximate surface area is 147 Å². The highest BCUT2D eigenvalue weighted by Crippen LogP contribution is 2.39. The Kier molecular flexibility index (Phi) is 5.27. The van der Waals surface area contributed by atoms with Crippen molar-refractivity contribution in [3.05, 3.63) is 47.5 Å². The van der Waals surface area contributed by atoms with Crippen LogP contribution in [0.1, 0.15) is 30.9 Å². The molecule has 1 aromatic heterocycles. The maximum absolute atomic E-state index is 2.59. The summed E-state index contributed by atoms with van der Waals surface area (Å²) < 4.78 is 2.59. The molecule has 0 radical (unpaired) electrons. The van der Waals surface area contributed by atoms with Crippen LogP contribution in [0.5, 0.6) is 0 Å². The Morgan fingerprint density at radius 2 is 1.50 bits per heavy atom. The van der Waals surface area contributed by atoms with Crippen molar-refractivity contribution in [2.45, 2.75) is 39.3 Å². The third-order valence-electron chi connectivity index (χ3n) is 4.87. The van der Waals surface area contributed by atoms with Crippen molar-refractivity contribution in [1.29, 1.82) is 0 Å². The zero-order valence-electron chi connectivity index (χ0n) is 15.6. The predicted molar refractivity (Wildman–Crippen MR) is 109 cm³/mol. The smallest absolute Gasteiger partial charge is 0.0773 e. The number of quaternary nitrogens is 1. The van der Waals surface area contributed by atoms with Gasteiger partial charge >= 0.3 is 0 Å². The van der Waals surface area contributed by atoms with Gasteiger partial charge in [0.1, 0.15) is 0 Å². The number of nitrogens with zero attached hydrogens (tertiary/aromatic N) is 1. The van der Waals surface area contributed by atoms with Crippen molar-refractivity contribution in [3.63, 3.8) is 0 Å². The average molecular weight is 341 g/mol. The van der Waals surface area contributed by atoms with Gasteiger partial charge in [0, 0.05) is 22.9 Å². The van der Waals surface area contributed by atoms with Crippen LogP contribution in [0.25, 0.3) is 21.8 Å². The highest BCUT2D eigenvalue weighted by atomic mass is 31.1. The van der Waals surface area contributed by atoms with Crippen LogP contribution in [0.2, 0.25) is 0 Å². The van der Waals surface area contributed by atoms with Crippen LogP contribution in [0, 0.1) is 13.8 Å². The first-order chi connectivity index (χ1) is 11.5. The molecule has 0 amide bonds. The molecule has 0 fully saturated rings. The van der Waals surface area contributed by atoms with Crippen molar-refractivity contribution >= 4 is 30.5 Å². The lowest BCUT2D eigenvalue weighted by Crippen LogP contribution is -3.05. The quantitative estimate of drug-likeness (QED) is 0.645. The Morgan fingerprint density at radius 1 is 0.958 bits per heavy atom. The number of nitrogens with one attached hydrogen (secondary N) is 1. The SMILES string of the molecule is CCC(CC[NH+](C)C)Pn1c2ccc(C)cc2c2cc(C)ccc21. The van der Waals surface area contributed by atoms with Gasteiger partial charge in [0.2, 0.25) is 0 Å². The fourth-order valence-electron chi connectivity index (χ4n) is 3.40. The Hall–Kier alpha value is -1.37. The number of hydrogen-bond donors (Lipinski definition) is 1. The van der Waals surface area contributed by atoms with E-state index in [-0.39, 0.29) is 0 Å². The molecule has 0 aliphatic carbocycles. The standard InChI is InChI=1S/C21H29N2P/c1-6-17(11-12-22(4)5)24-23-20-9-7-15(2)13-18(20)19-14-16(3)8-10-21(19)23/h7-10,13-14,17,24H,6,11-12H2,1-5H3/p+1. The van der Waals surface area contributed by atoms with E-state index in [1.165, 1.54) is 52.3 Å². The summed E-state index contributed by atoms with van der Waals surface area (Å²) in [7, 11) is 5.33. The van der Waals surface area contributed by atoms with Crippen LogP contribution >= 0.6 is 8.73 Å². The molecule has 0 spiro atoms. The summed E-state index contributed by atoms with van der Waals surface area (Å²) in [5, 5.41) is 2.82.